The van der Waals surface area contributed by atoms with Gasteiger partial charge in [-0.2, -0.15) is 0 Å². The van der Waals surface area contributed by atoms with Gasteiger partial charge in [-0.15, -0.1) is 0 Å². The van der Waals surface area contributed by atoms with Gasteiger partial charge in [-0.3, -0.25) is 0 Å². The second-order valence-corrected chi connectivity index (χ2v) is 6.21. The van der Waals surface area contributed by atoms with Gasteiger partial charge in [0, 0.05) is 0 Å². The summed E-state index contributed by atoms with van der Waals surface area (Å²) in [6.45, 7) is 0. The molecule has 0 unspecified atom stereocenters. The topological polar surface area (TPSA) is 86.3 Å². The highest BCUT2D eigenvalue weighted by molar-refractivity contribution is 7.89. The summed E-state index contributed by atoms with van der Waals surface area (Å²) in [6, 6.07) is 15.1. The van der Waals surface area contributed by atoms with Crippen LogP contribution in [-0.2, 0) is 21.2 Å². The molecular weight excluding hydrogens is 290 g/mol. The van der Waals surface area contributed by atoms with E-state index in [0.717, 1.165) is 0 Å². The Balaban J connectivity index is 2.19. The first-order chi connectivity index (χ1) is 9.99. The molecule has 5 nitrogen and oxygen atoms in total. The van der Waals surface area contributed by atoms with Gasteiger partial charge < -0.3 is 9.90 Å². The summed E-state index contributed by atoms with van der Waals surface area (Å²) >= 11 is 0. The Morgan fingerprint density at radius 1 is 1.00 bits per heavy atom. The molecule has 0 radical (unpaired) electrons. The van der Waals surface area contributed by atoms with Gasteiger partial charge in [-0.05, 0) is 24.1 Å². The van der Waals surface area contributed by atoms with Crippen LogP contribution in [0.15, 0.2) is 65.6 Å². The Hall–Kier alpha value is -2.18. The normalized spacial score (nSPS) is 12.8. The molecule has 110 valence electrons. The van der Waals surface area contributed by atoms with Crippen molar-refractivity contribution in [3.8, 4) is 0 Å². The van der Waals surface area contributed by atoms with Crippen LogP contribution >= 0.6 is 0 Å². The predicted molar refractivity (Wildman–Crippen MR) is 75.7 cm³/mol. The minimum atomic E-state index is -3.90. The zero-order chi connectivity index (χ0) is 15.3. The number of nitrogens with one attached hydrogen (secondary N) is 1. The highest BCUT2D eigenvalue weighted by Gasteiger charge is 2.20. The molecule has 0 aliphatic carbocycles. The van der Waals surface area contributed by atoms with Crippen LogP contribution in [0.1, 0.15) is 5.56 Å². The van der Waals surface area contributed by atoms with Crippen LogP contribution in [0.25, 0.3) is 0 Å². The highest BCUT2D eigenvalue weighted by atomic mass is 32.2. The SMILES string of the molecule is O=C([O-])[C@@H](Cc1ccccc1)NS(=O)(=O)c1ccccc1. The summed E-state index contributed by atoms with van der Waals surface area (Å²) in [5.74, 6) is -1.46. The third-order valence-corrected chi connectivity index (χ3v) is 4.41. The maximum absolute atomic E-state index is 12.1. The van der Waals surface area contributed by atoms with Crippen molar-refractivity contribution in [1.29, 1.82) is 0 Å². The molecule has 0 saturated carbocycles. The zero-order valence-corrected chi connectivity index (χ0v) is 11.9. The molecule has 0 aromatic heterocycles. The maximum Gasteiger partial charge on any atom is 0.241 e. The van der Waals surface area contributed by atoms with Crippen LogP contribution < -0.4 is 9.83 Å². The summed E-state index contributed by atoms with van der Waals surface area (Å²) in [7, 11) is -3.90. The molecule has 1 atom stereocenters. The molecule has 21 heavy (non-hydrogen) atoms. The number of benzene rings is 2. The zero-order valence-electron chi connectivity index (χ0n) is 11.1. The molecule has 0 heterocycles. The van der Waals surface area contributed by atoms with E-state index in [1.165, 1.54) is 12.1 Å². The first-order valence-electron chi connectivity index (χ1n) is 6.31. The van der Waals surface area contributed by atoms with Crippen LogP contribution in [0.5, 0.6) is 0 Å². The first-order valence-corrected chi connectivity index (χ1v) is 7.79. The third kappa shape index (κ3) is 4.14. The standard InChI is InChI=1S/C15H15NO4S/c17-15(18)14(11-12-7-3-1-4-8-12)16-21(19,20)13-9-5-2-6-10-13/h1-10,14,16H,11H2,(H,17,18)/p-1/t14-/m1/s1. The van der Waals surface area contributed by atoms with Crippen molar-refractivity contribution in [2.45, 2.75) is 17.4 Å². The van der Waals surface area contributed by atoms with Crippen molar-refractivity contribution in [2.24, 2.45) is 0 Å². The lowest BCUT2D eigenvalue weighted by Gasteiger charge is -2.19. The van der Waals surface area contributed by atoms with Crippen molar-refractivity contribution in [3.63, 3.8) is 0 Å². The van der Waals surface area contributed by atoms with Crippen molar-refractivity contribution >= 4 is 16.0 Å². The van der Waals surface area contributed by atoms with Crippen molar-refractivity contribution in [1.82, 2.24) is 4.72 Å². The van der Waals surface area contributed by atoms with Crippen LogP contribution in [0.2, 0.25) is 0 Å². The molecule has 2 rings (SSSR count). The number of aliphatic carboxylic acids is 1. The molecule has 0 aliphatic heterocycles. The number of sulfonamides is 1. The number of hydrogen-bond donors (Lipinski definition) is 1. The lowest BCUT2D eigenvalue weighted by Crippen LogP contribution is -2.49. The summed E-state index contributed by atoms with van der Waals surface area (Å²) in [5, 5.41) is 11.2. The average molecular weight is 304 g/mol. The van der Waals surface area contributed by atoms with Crippen LogP contribution in [-0.4, -0.2) is 20.4 Å². The number of carboxylic acid groups (broad SMARTS) is 1. The third-order valence-electron chi connectivity index (χ3n) is 2.92. The Labute approximate surface area is 123 Å². The monoisotopic (exact) mass is 304 g/mol. The Bertz CT molecular complexity index is 699. The smallest absolute Gasteiger partial charge is 0.241 e. The molecule has 2 aromatic carbocycles. The van der Waals surface area contributed by atoms with Gasteiger partial charge in [0.2, 0.25) is 10.0 Å². The molecule has 0 aliphatic rings. The lowest BCUT2D eigenvalue weighted by molar-refractivity contribution is -0.307. The number of rotatable bonds is 6. The number of carbonyl (C=O) groups excluding carboxylic acids is 1. The fraction of sp³-hybridized carbons (Fsp3) is 0.133. The summed E-state index contributed by atoms with van der Waals surface area (Å²) in [5.41, 5.74) is 0.711. The summed E-state index contributed by atoms with van der Waals surface area (Å²) < 4.78 is 26.4. The van der Waals surface area contributed by atoms with Gasteiger partial charge in [0.05, 0.1) is 16.9 Å². The molecule has 0 bridgehead atoms. The second-order valence-electron chi connectivity index (χ2n) is 4.50. The van der Waals surface area contributed by atoms with Gasteiger partial charge >= 0.3 is 0 Å². The number of carboxylic acids is 1. The van der Waals surface area contributed by atoms with Crippen LogP contribution in [0.4, 0.5) is 0 Å². The first kappa shape index (κ1) is 15.2. The fourth-order valence-electron chi connectivity index (χ4n) is 1.88. The van der Waals surface area contributed by atoms with Gasteiger partial charge in [0.25, 0.3) is 0 Å². The predicted octanol–water partition coefficient (Wildman–Crippen LogP) is 0.326. The molecule has 1 N–H and O–H groups in total. The number of carbonyl (C=O) groups is 1. The molecule has 0 amide bonds. The van der Waals surface area contributed by atoms with E-state index < -0.39 is 22.0 Å². The van der Waals surface area contributed by atoms with E-state index in [4.69, 9.17) is 0 Å². The highest BCUT2D eigenvalue weighted by Crippen LogP contribution is 2.10. The largest absolute Gasteiger partial charge is 0.548 e. The van der Waals surface area contributed by atoms with Crippen molar-refractivity contribution < 1.29 is 18.3 Å². The molecule has 0 saturated heterocycles. The molecule has 0 spiro atoms. The van der Waals surface area contributed by atoms with Crippen molar-refractivity contribution in [2.75, 3.05) is 0 Å². The van der Waals surface area contributed by atoms with E-state index in [1.54, 1.807) is 48.5 Å². The van der Waals surface area contributed by atoms with Crippen LogP contribution in [0.3, 0.4) is 0 Å². The fourth-order valence-corrected chi connectivity index (χ4v) is 3.08. The Morgan fingerprint density at radius 2 is 1.52 bits per heavy atom. The van der Waals surface area contributed by atoms with Gasteiger partial charge in [0.1, 0.15) is 0 Å². The molecular formula is C15H14NO4S-. The van der Waals surface area contributed by atoms with Gasteiger partial charge in [-0.25, -0.2) is 13.1 Å². The molecule has 0 fully saturated rings. The number of hydrogen-bond acceptors (Lipinski definition) is 4. The van der Waals surface area contributed by atoms with E-state index in [2.05, 4.69) is 4.72 Å². The minimum absolute atomic E-state index is 0.0179. The van der Waals surface area contributed by atoms with Gasteiger partial charge in [-0.1, -0.05) is 48.5 Å². The molecule has 6 heteroatoms. The lowest BCUT2D eigenvalue weighted by atomic mass is 10.1. The van der Waals surface area contributed by atoms with Crippen LogP contribution in [0, 0.1) is 0 Å². The average Bonchev–Trinajstić information content (AvgIpc) is 2.48. The van der Waals surface area contributed by atoms with E-state index in [1.807, 2.05) is 0 Å². The quantitative estimate of drug-likeness (QED) is 0.833. The summed E-state index contributed by atoms with van der Waals surface area (Å²) in [4.78, 5) is 11.2. The van der Waals surface area contributed by atoms with E-state index >= 15 is 0 Å². The molecule has 2 aromatic rings. The second kappa shape index (κ2) is 6.51. The van der Waals surface area contributed by atoms with Crippen molar-refractivity contribution in [3.05, 3.63) is 66.2 Å². The maximum atomic E-state index is 12.1. The van der Waals surface area contributed by atoms with E-state index in [9.17, 15) is 18.3 Å². The summed E-state index contributed by atoms with van der Waals surface area (Å²) in [6.07, 6.45) is 0.0231. The Morgan fingerprint density at radius 3 is 2.05 bits per heavy atom. The van der Waals surface area contributed by atoms with E-state index in [-0.39, 0.29) is 11.3 Å². The minimum Gasteiger partial charge on any atom is -0.548 e. The Kier molecular flexibility index (Phi) is 4.72. The van der Waals surface area contributed by atoms with E-state index in [0.29, 0.717) is 5.56 Å². The van der Waals surface area contributed by atoms with Gasteiger partial charge in [0.15, 0.2) is 0 Å².